The molecule has 0 amide bonds. The Hall–Kier alpha value is -1.76. The highest BCUT2D eigenvalue weighted by Gasteiger charge is 2.13. The minimum atomic E-state index is 0.869. The highest BCUT2D eigenvalue weighted by atomic mass is 16.5. The Balaban J connectivity index is 1.55. The fourth-order valence-corrected chi connectivity index (χ4v) is 3.09. The first kappa shape index (κ1) is 17.1. The summed E-state index contributed by atoms with van der Waals surface area (Å²) in [6, 6.07) is 6.24. The van der Waals surface area contributed by atoms with Gasteiger partial charge in [-0.15, -0.1) is 0 Å². The van der Waals surface area contributed by atoms with Gasteiger partial charge in [-0.2, -0.15) is 5.10 Å². The van der Waals surface area contributed by atoms with Gasteiger partial charge >= 0.3 is 0 Å². The first-order valence-corrected chi connectivity index (χ1v) is 8.69. The second kappa shape index (κ2) is 8.92. The first-order valence-electron chi connectivity index (χ1n) is 8.69. The van der Waals surface area contributed by atoms with E-state index in [0.29, 0.717) is 0 Å². The molecule has 6 nitrogen and oxygen atoms in total. The van der Waals surface area contributed by atoms with E-state index in [4.69, 9.17) is 4.74 Å². The molecule has 3 rings (SSSR count). The number of nitrogens with zero attached hydrogens (tertiary/aromatic N) is 5. The molecule has 2 aromatic heterocycles. The number of hydrogen-bond acceptors (Lipinski definition) is 5. The first-order chi connectivity index (χ1) is 11.8. The lowest BCUT2D eigenvalue weighted by Crippen LogP contribution is -2.38. The molecule has 1 fully saturated rings. The fourth-order valence-electron chi connectivity index (χ4n) is 3.09. The predicted octanol–water partition coefficient (Wildman–Crippen LogP) is 1.54. The highest BCUT2D eigenvalue weighted by Crippen LogP contribution is 2.10. The number of pyridine rings is 1. The summed E-state index contributed by atoms with van der Waals surface area (Å²) in [5, 5.41) is 4.29. The van der Waals surface area contributed by atoms with Gasteiger partial charge in [0.1, 0.15) is 0 Å². The van der Waals surface area contributed by atoms with Crippen molar-refractivity contribution in [3.63, 3.8) is 0 Å². The number of aromatic nitrogens is 3. The van der Waals surface area contributed by atoms with E-state index in [2.05, 4.69) is 32.0 Å². The molecular formula is C18H27N5O. The van der Waals surface area contributed by atoms with Crippen LogP contribution in [0.5, 0.6) is 0 Å². The summed E-state index contributed by atoms with van der Waals surface area (Å²) in [6.07, 6.45) is 6.81. The van der Waals surface area contributed by atoms with Gasteiger partial charge in [-0.3, -0.25) is 19.5 Å². The summed E-state index contributed by atoms with van der Waals surface area (Å²) in [7, 11) is 2.01. The summed E-state index contributed by atoms with van der Waals surface area (Å²) < 4.78 is 7.38. The lowest BCUT2D eigenvalue weighted by Gasteiger charge is -2.28. The van der Waals surface area contributed by atoms with E-state index in [1.807, 2.05) is 36.4 Å². The Morgan fingerprint density at radius 1 is 1.17 bits per heavy atom. The molecule has 2 aromatic rings. The van der Waals surface area contributed by atoms with Crippen LogP contribution in [0.1, 0.15) is 17.7 Å². The van der Waals surface area contributed by atoms with Gasteiger partial charge in [0.2, 0.25) is 0 Å². The Morgan fingerprint density at radius 3 is 2.75 bits per heavy atom. The Morgan fingerprint density at radius 2 is 2.04 bits per heavy atom. The lowest BCUT2D eigenvalue weighted by atomic mass is 10.2. The van der Waals surface area contributed by atoms with Gasteiger partial charge in [-0.05, 0) is 30.7 Å². The Labute approximate surface area is 144 Å². The maximum atomic E-state index is 5.42. The van der Waals surface area contributed by atoms with Crippen LogP contribution >= 0.6 is 0 Å². The monoisotopic (exact) mass is 329 g/mol. The quantitative estimate of drug-likeness (QED) is 0.735. The molecule has 6 heteroatoms. The third kappa shape index (κ3) is 5.12. The van der Waals surface area contributed by atoms with Gasteiger partial charge in [-0.25, -0.2) is 0 Å². The molecule has 0 atom stereocenters. The number of rotatable bonds is 8. The third-order valence-corrected chi connectivity index (χ3v) is 4.49. The van der Waals surface area contributed by atoms with Crippen molar-refractivity contribution >= 4 is 0 Å². The Bertz CT molecular complexity index is 594. The van der Waals surface area contributed by atoms with Crippen LogP contribution in [0.2, 0.25) is 0 Å². The average molecular weight is 329 g/mol. The van der Waals surface area contributed by atoms with Gasteiger partial charge in [0.15, 0.2) is 0 Å². The van der Waals surface area contributed by atoms with Crippen molar-refractivity contribution in [1.29, 1.82) is 0 Å². The summed E-state index contributed by atoms with van der Waals surface area (Å²) in [4.78, 5) is 9.22. The minimum absolute atomic E-state index is 0.869. The smallest absolute Gasteiger partial charge is 0.0594 e. The normalized spacial score (nSPS) is 15.9. The number of morpholine rings is 1. The van der Waals surface area contributed by atoms with E-state index in [1.165, 1.54) is 11.3 Å². The number of ether oxygens (including phenoxy) is 1. The van der Waals surface area contributed by atoms with E-state index in [-0.39, 0.29) is 0 Å². The number of aryl methyl sites for hydroxylation is 1. The predicted molar refractivity (Wildman–Crippen MR) is 93.4 cm³/mol. The molecule has 1 aliphatic rings. The summed E-state index contributed by atoms with van der Waals surface area (Å²) in [5.41, 5.74) is 2.50. The van der Waals surface area contributed by atoms with Crippen LogP contribution in [0.4, 0.5) is 0 Å². The molecule has 1 saturated heterocycles. The molecule has 0 spiro atoms. The minimum Gasteiger partial charge on any atom is -0.379 e. The van der Waals surface area contributed by atoms with Gasteiger partial charge in [0.05, 0.1) is 18.9 Å². The van der Waals surface area contributed by atoms with Gasteiger partial charge in [-0.1, -0.05) is 6.07 Å². The zero-order valence-corrected chi connectivity index (χ0v) is 14.5. The second-order valence-electron chi connectivity index (χ2n) is 6.33. The topological polar surface area (TPSA) is 46.4 Å². The third-order valence-electron chi connectivity index (χ3n) is 4.49. The standard InChI is InChI=1S/C18H27N5O/c1-21-18(5-7-20-21)16-23(15-17-4-2-6-19-14-17)9-3-8-22-10-12-24-13-11-22/h2,4-7,14H,3,8-13,15-16H2,1H3. The molecule has 0 radical (unpaired) electrons. The molecule has 1 aliphatic heterocycles. The van der Waals surface area contributed by atoms with E-state index in [1.54, 1.807) is 0 Å². The van der Waals surface area contributed by atoms with E-state index >= 15 is 0 Å². The van der Waals surface area contributed by atoms with Crippen molar-refractivity contribution < 1.29 is 4.74 Å². The maximum Gasteiger partial charge on any atom is 0.0594 e. The van der Waals surface area contributed by atoms with Crippen molar-refractivity contribution in [2.45, 2.75) is 19.5 Å². The summed E-state index contributed by atoms with van der Waals surface area (Å²) >= 11 is 0. The molecule has 130 valence electrons. The summed E-state index contributed by atoms with van der Waals surface area (Å²) in [5.74, 6) is 0. The molecule has 0 N–H and O–H groups in total. The van der Waals surface area contributed by atoms with Crippen molar-refractivity contribution in [3.05, 3.63) is 48.0 Å². The van der Waals surface area contributed by atoms with Crippen molar-refractivity contribution in [2.75, 3.05) is 39.4 Å². The lowest BCUT2D eigenvalue weighted by molar-refractivity contribution is 0.0358. The number of hydrogen-bond donors (Lipinski definition) is 0. The van der Waals surface area contributed by atoms with Crippen LogP contribution in [-0.4, -0.2) is 64.0 Å². The van der Waals surface area contributed by atoms with Gasteiger partial charge < -0.3 is 4.74 Å². The zero-order valence-electron chi connectivity index (χ0n) is 14.5. The van der Waals surface area contributed by atoms with Crippen molar-refractivity contribution in [3.8, 4) is 0 Å². The molecule has 0 unspecified atom stereocenters. The van der Waals surface area contributed by atoms with Gasteiger partial charge in [0, 0.05) is 58.4 Å². The molecule has 0 bridgehead atoms. The average Bonchev–Trinajstić information content (AvgIpc) is 3.01. The molecule has 0 aromatic carbocycles. The van der Waals surface area contributed by atoms with Crippen molar-refractivity contribution in [2.24, 2.45) is 7.05 Å². The van der Waals surface area contributed by atoms with Crippen LogP contribution in [-0.2, 0) is 24.9 Å². The summed E-state index contributed by atoms with van der Waals surface area (Å²) in [6.45, 7) is 7.89. The largest absolute Gasteiger partial charge is 0.379 e. The molecule has 0 saturated carbocycles. The van der Waals surface area contributed by atoms with Crippen LogP contribution < -0.4 is 0 Å². The highest BCUT2D eigenvalue weighted by molar-refractivity contribution is 5.09. The zero-order chi connectivity index (χ0) is 16.6. The Kier molecular flexibility index (Phi) is 6.34. The fraction of sp³-hybridized carbons (Fsp3) is 0.556. The van der Waals surface area contributed by atoms with Gasteiger partial charge in [0.25, 0.3) is 0 Å². The van der Waals surface area contributed by atoms with Crippen LogP contribution in [0.3, 0.4) is 0 Å². The molecule has 0 aliphatic carbocycles. The van der Waals surface area contributed by atoms with E-state index < -0.39 is 0 Å². The SMILES string of the molecule is Cn1nccc1CN(CCCN1CCOCC1)Cc1cccnc1. The second-order valence-corrected chi connectivity index (χ2v) is 6.33. The van der Waals surface area contributed by atoms with Crippen LogP contribution in [0.15, 0.2) is 36.8 Å². The van der Waals surface area contributed by atoms with Crippen molar-refractivity contribution in [1.82, 2.24) is 24.6 Å². The maximum absolute atomic E-state index is 5.42. The molecule has 3 heterocycles. The van der Waals surface area contributed by atoms with Crippen LogP contribution in [0, 0.1) is 0 Å². The molecular weight excluding hydrogens is 302 g/mol. The van der Waals surface area contributed by atoms with E-state index in [9.17, 15) is 0 Å². The molecule has 24 heavy (non-hydrogen) atoms. The van der Waals surface area contributed by atoms with E-state index in [0.717, 1.165) is 58.9 Å². The van der Waals surface area contributed by atoms with Crippen LogP contribution in [0.25, 0.3) is 0 Å².